The van der Waals surface area contributed by atoms with Gasteiger partial charge in [0.2, 0.25) is 0 Å². The molecule has 0 spiro atoms. The monoisotopic (exact) mass is 466 g/mol. The number of rotatable bonds is 27. The molecule has 0 aromatic rings. The zero-order chi connectivity index (χ0) is 24.4. The summed E-state index contributed by atoms with van der Waals surface area (Å²) in [6.45, 7) is 4.50. The van der Waals surface area contributed by atoms with Crippen LogP contribution in [-0.2, 0) is 9.59 Å². The Labute approximate surface area is 206 Å². The zero-order valence-electron chi connectivity index (χ0n) is 22.5. The van der Waals surface area contributed by atoms with Crippen LogP contribution in [0, 0.1) is 5.92 Å². The van der Waals surface area contributed by atoms with Crippen molar-refractivity contribution in [2.75, 3.05) is 0 Å². The van der Waals surface area contributed by atoms with Gasteiger partial charge in [-0.1, -0.05) is 155 Å². The van der Waals surface area contributed by atoms with E-state index >= 15 is 0 Å². The molecule has 3 nitrogen and oxygen atoms in total. The van der Waals surface area contributed by atoms with E-state index in [0.717, 1.165) is 25.7 Å². The molecule has 0 aliphatic carbocycles. The van der Waals surface area contributed by atoms with Crippen molar-refractivity contribution in [3.05, 3.63) is 0 Å². The summed E-state index contributed by atoms with van der Waals surface area (Å²) in [7, 11) is 0. The Morgan fingerprint density at radius 2 is 0.788 bits per heavy atom. The maximum atomic E-state index is 12.4. The van der Waals surface area contributed by atoms with E-state index in [0.29, 0.717) is 12.8 Å². The van der Waals surface area contributed by atoms with Crippen LogP contribution in [0.1, 0.15) is 174 Å². The average Bonchev–Trinajstić information content (AvgIpc) is 2.80. The fourth-order valence-corrected chi connectivity index (χ4v) is 4.75. The van der Waals surface area contributed by atoms with Gasteiger partial charge in [-0.15, -0.1) is 0 Å². The minimum absolute atomic E-state index is 0.0415. The minimum Gasteiger partial charge on any atom is -0.481 e. The van der Waals surface area contributed by atoms with Gasteiger partial charge in [0.15, 0.2) is 0 Å². The van der Waals surface area contributed by atoms with E-state index in [2.05, 4.69) is 13.8 Å². The van der Waals surface area contributed by atoms with Crippen LogP contribution in [0.4, 0.5) is 0 Å². The van der Waals surface area contributed by atoms with Crippen LogP contribution < -0.4 is 0 Å². The number of Topliss-reactive ketones (excluding diaryl/α,β-unsaturated/α-hetero) is 1. The van der Waals surface area contributed by atoms with Gasteiger partial charge in [0.05, 0.1) is 0 Å². The quantitative estimate of drug-likeness (QED) is 0.0967. The molecule has 0 aromatic carbocycles. The molecule has 1 atom stereocenters. The summed E-state index contributed by atoms with van der Waals surface area (Å²) in [4.78, 5) is 23.9. The number of ketones is 1. The highest BCUT2D eigenvalue weighted by molar-refractivity contribution is 5.98. The third kappa shape index (κ3) is 22.7. The number of carbonyl (C=O) groups excluding carboxylic acids is 1. The van der Waals surface area contributed by atoms with Crippen LogP contribution in [0.3, 0.4) is 0 Å². The largest absolute Gasteiger partial charge is 0.481 e. The second-order valence-corrected chi connectivity index (χ2v) is 10.3. The van der Waals surface area contributed by atoms with Gasteiger partial charge < -0.3 is 5.11 Å². The standard InChI is InChI=1S/C30H58O3/c1-3-5-7-9-11-13-14-15-16-17-18-19-21-23-25-27-29(31)28(30(32)33)26-24-22-20-12-10-8-6-4-2/h28H,3-27H2,1-2H3,(H,32,33). The van der Waals surface area contributed by atoms with E-state index in [1.165, 1.54) is 122 Å². The predicted molar refractivity (Wildman–Crippen MR) is 143 cm³/mol. The predicted octanol–water partition coefficient (Wildman–Crippen LogP) is 10.0. The summed E-state index contributed by atoms with van der Waals surface area (Å²) in [5.41, 5.74) is 0. The number of carboxylic acids is 1. The molecule has 0 fully saturated rings. The van der Waals surface area contributed by atoms with Gasteiger partial charge in [0, 0.05) is 6.42 Å². The van der Waals surface area contributed by atoms with E-state index in [-0.39, 0.29) is 5.78 Å². The second kappa shape index (κ2) is 25.8. The van der Waals surface area contributed by atoms with Gasteiger partial charge in [-0.2, -0.15) is 0 Å². The molecule has 0 rings (SSSR count). The summed E-state index contributed by atoms with van der Waals surface area (Å²) in [5.74, 6) is -1.72. The summed E-state index contributed by atoms with van der Waals surface area (Å²) in [6.07, 6.45) is 30.0. The first kappa shape index (κ1) is 32.1. The van der Waals surface area contributed by atoms with E-state index in [1.54, 1.807) is 0 Å². The van der Waals surface area contributed by atoms with Gasteiger partial charge in [0.25, 0.3) is 0 Å². The molecule has 0 aliphatic rings. The molecule has 33 heavy (non-hydrogen) atoms. The lowest BCUT2D eigenvalue weighted by molar-refractivity contribution is -0.146. The smallest absolute Gasteiger partial charge is 0.314 e. The van der Waals surface area contributed by atoms with E-state index in [9.17, 15) is 14.7 Å². The number of hydrogen-bond acceptors (Lipinski definition) is 2. The van der Waals surface area contributed by atoms with Gasteiger partial charge in [-0.05, 0) is 12.8 Å². The third-order valence-electron chi connectivity index (χ3n) is 7.06. The number of hydrogen-bond donors (Lipinski definition) is 1. The first-order valence-electron chi connectivity index (χ1n) is 14.9. The highest BCUT2D eigenvalue weighted by atomic mass is 16.4. The average molecular weight is 467 g/mol. The first-order valence-corrected chi connectivity index (χ1v) is 14.9. The van der Waals surface area contributed by atoms with Crippen LogP contribution in [0.15, 0.2) is 0 Å². The Hall–Kier alpha value is -0.860. The van der Waals surface area contributed by atoms with Crippen molar-refractivity contribution in [1.29, 1.82) is 0 Å². The highest BCUT2D eigenvalue weighted by Gasteiger charge is 2.24. The molecular weight excluding hydrogens is 408 g/mol. The third-order valence-corrected chi connectivity index (χ3v) is 7.06. The molecule has 0 amide bonds. The fraction of sp³-hybridized carbons (Fsp3) is 0.933. The maximum Gasteiger partial charge on any atom is 0.314 e. The molecule has 0 heterocycles. The lowest BCUT2D eigenvalue weighted by Crippen LogP contribution is -2.23. The Kier molecular flexibility index (Phi) is 25.1. The number of aliphatic carboxylic acids is 1. The number of unbranched alkanes of at least 4 members (excludes halogenated alkanes) is 21. The molecule has 0 saturated heterocycles. The van der Waals surface area contributed by atoms with Gasteiger partial charge in [0.1, 0.15) is 11.7 Å². The molecule has 3 heteroatoms. The molecule has 0 saturated carbocycles. The van der Waals surface area contributed by atoms with Crippen LogP contribution in [-0.4, -0.2) is 16.9 Å². The normalized spacial score (nSPS) is 12.2. The lowest BCUT2D eigenvalue weighted by atomic mass is 9.93. The van der Waals surface area contributed by atoms with Crippen molar-refractivity contribution in [3.63, 3.8) is 0 Å². The summed E-state index contributed by atoms with van der Waals surface area (Å²) < 4.78 is 0. The second-order valence-electron chi connectivity index (χ2n) is 10.3. The number of carboxylic acid groups (broad SMARTS) is 1. The molecule has 1 unspecified atom stereocenters. The van der Waals surface area contributed by atoms with Crippen molar-refractivity contribution >= 4 is 11.8 Å². The van der Waals surface area contributed by atoms with Gasteiger partial charge in [-0.25, -0.2) is 0 Å². The Bertz CT molecular complexity index is 432. The van der Waals surface area contributed by atoms with Gasteiger partial charge >= 0.3 is 5.97 Å². The Morgan fingerprint density at radius 3 is 1.12 bits per heavy atom. The summed E-state index contributed by atoms with van der Waals surface area (Å²) >= 11 is 0. The Balaban J connectivity index is 3.54. The molecule has 1 N–H and O–H groups in total. The van der Waals surface area contributed by atoms with Crippen molar-refractivity contribution in [2.45, 2.75) is 174 Å². The van der Waals surface area contributed by atoms with Gasteiger partial charge in [-0.3, -0.25) is 9.59 Å². The van der Waals surface area contributed by atoms with Crippen molar-refractivity contribution in [1.82, 2.24) is 0 Å². The SMILES string of the molecule is CCCCCCCCCCCCCCCCCC(=O)C(CCCCCCCCCC)C(=O)O. The van der Waals surface area contributed by atoms with Crippen LogP contribution in [0.2, 0.25) is 0 Å². The van der Waals surface area contributed by atoms with E-state index < -0.39 is 11.9 Å². The molecule has 0 aliphatic heterocycles. The summed E-state index contributed by atoms with van der Waals surface area (Å²) in [6, 6.07) is 0. The van der Waals surface area contributed by atoms with Crippen LogP contribution in [0.25, 0.3) is 0 Å². The maximum absolute atomic E-state index is 12.4. The highest BCUT2D eigenvalue weighted by Crippen LogP contribution is 2.18. The Morgan fingerprint density at radius 1 is 0.485 bits per heavy atom. The zero-order valence-corrected chi connectivity index (χ0v) is 22.5. The topological polar surface area (TPSA) is 54.4 Å². The van der Waals surface area contributed by atoms with Crippen molar-refractivity contribution in [3.8, 4) is 0 Å². The molecule has 0 bridgehead atoms. The number of carbonyl (C=O) groups is 2. The minimum atomic E-state index is -0.913. The molecular formula is C30H58O3. The summed E-state index contributed by atoms with van der Waals surface area (Å²) in [5, 5.41) is 9.45. The van der Waals surface area contributed by atoms with Crippen LogP contribution >= 0.6 is 0 Å². The van der Waals surface area contributed by atoms with Crippen molar-refractivity contribution in [2.24, 2.45) is 5.92 Å². The van der Waals surface area contributed by atoms with Crippen molar-refractivity contribution < 1.29 is 14.7 Å². The lowest BCUT2D eigenvalue weighted by Gasteiger charge is -2.11. The fourth-order valence-electron chi connectivity index (χ4n) is 4.75. The molecule has 0 aromatic heterocycles. The molecule has 196 valence electrons. The van der Waals surface area contributed by atoms with E-state index in [1.807, 2.05) is 0 Å². The van der Waals surface area contributed by atoms with E-state index in [4.69, 9.17) is 0 Å². The molecule has 0 radical (unpaired) electrons. The first-order chi connectivity index (χ1) is 16.1. The van der Waals surface area contributed by atoms with Crippen LogP contribution in [0.5, 0.6) is 0 Å².